The minimum atomic E-state index is -0.257. The van der Waals surface area contributed by atoms with Crippen LogP contribution in [0, 0.1) is 5.92 Å². The standard InChI is InChI=1S/C31H41N3O2/c1-5-10-24-13-15-25(16-14-24)26-17-19-28(20-18-26)34(21-29(32)23(3)6-2)31(35)33-30(22-36-4)27-11-8-7-9-12-27/h7-9,11-20,23,29-30H,5-6,10,21-22,32H2,1-4H3,(H,33,35)/t23-,29+,30-/m0/s1. The number of aryl methyl sites for hydroxylation is 1. The molecular weight excluding hydrogens is 446 g/mol. The first-order valence-corrected chi connectivity index (χ1v) is 13.0. The van der Waals surface area contributed by atoms with Crippen molar-refractivity contribution in [1.82, 2.24) is 5.32 Å². The minimum absolute atomic E-state index is 0.135. The third-order valence-corrected chi connectivity index (χ3v) is 6.85. The molecule has 0 bridgehead atoms. The van der Waals surface area contributed by atoms with Gasteiger partial charge >= 0.3 is 6.03 Å². The summed E-state index contributed by atoms with van der Waals surface area (Å²) in [5.74, 6) is 0.296. The molecule has 0 saturated carbocycles. The van der Waals surface area contributed by atoms with Gasteiger partial charge < -0.3 is 15.8 Å². The number of rotatable bonds is 12. The van der Waals surface area contributed by atoms with Crippen LogP contribution in [0.15, 0.2) is 78.9 Å². The van der Waals surface area contributed by atoms with Crippen molar-refractivity contribution in [2.24, 2.45) is 11.7 Å². The highest BCUT2D eigenvalue weighted by Crippen LogP contribution is 2.25. The van der Waals surface area contributed by atoms with Gasteiger partial charge in [0.2, 0.25) is 0 Å². The number of amides is 2. The first-order valence-electron chi connectivity index (χ1n) is 13.0. The molecule has 2 amide bonds. The maximum absolute atomic E-state index is 13.6. The first-order chi connectivity index (χ1) is 17.5. The Balaban J connectivity index is 1.84. The molecule has 0 fully saturated rings. The van der Waals surface area contributed by atoms with Crippen LogP contribution in [0.2, 0.25) is 0 Å². The van der Waals surface area contributed by atoms with Crippen molar-refractivity contribution in [3.8, 4) is 11.1 Å². The van der Waals surface area contributed by atoms with Gasteiger partial charge in [0.05, 0.1) is 12.6 Å². The fourth-order valence-electron chi connectivity index (χ4n) is 4.29. The van der Waals surface area contributed by atoms with Crippen LogP contribution in [0.5, 0.6) is 0 Å². The normalized spacial score (nSPS) is 13.6. The predicted octanol–water partition coefficient (Wildman–Crippen LogP) is 6.58. The number of nitrogens with one attached hydrogen (secondary N) is 1. The van der Waals surface area contributed by atoms with E-state index < -0.39 is 0 Å². The summed E-state index contributed by atoms with van der Waals surface area (Å²) in [4.78, 5) is 15.4. The van der Waals surface area contributed by atoms with Crippen molar-refractivity contribution in [2.75, 3.05) is 25.2 Å². The summed E-state index contributed by atoms with van der Waals surface area (Å²) in [5, 5.41) is 3.17. The molecule has 0 aromatic heterocycles. The summed E-state index contributed by atoms with van der Waals surface area (Å²) < 4.78 is 5.41. The van der Waals surface area contributed by atoms with Crippen molar-refractivity contribution >= 4 is 11.7 Å². The average molecular weight is 488 g/mol. The van der Waals surface area contributed by atoms with Crippen molar-refractivity contribution in [1.29, 1.82) is 0 Å². The lowest BCUT2D eigenvalue weighted by atomic mass is 9.99. The van der Waals surface area contributed by atoms with Gasteiger partial charge in [-0.05, 0) is 46.7 Å². The van der Waals surface area contributed by atoms with Crippen LogP contribution < -0.4 is 16.0 Å². The van der Waals surface area contributed by atoms with Gasteiger partial charge in [0.25, 0.3) is 0 Å². The average Bonchev–Trinajstić information content (AvgIpc) is 2.92. The van der Waals surface area contributed by atoms with Crippen molar-refractivity contribution in [2.45, 2.75) is 52.1 Å². The molecule has 5 heteroatoms. The molecule has 0 heterocycles. The molecule has 3 rings (SSSR count). The van der Waals surface area contributed by atoms with Gasteiger partial charge in [-0.2, -0.15) is 0 Å². The van der Waals surface area contributed by atoms with Crippen molar-refractivity contribution in [3.05, 3.63) is 90.0 Å². The Labute approximate surface area is 216 Å². The van der Waals surface area contributed by atoms with E-state index in [9.17, 15) is 4.79 Å². The SMILES string of the molecule is CCCc1ccc(-c2ccc(N(C[C@@H](N)[C@@H](C)CC)C(=O)N[C@@H](COC)c3ccccc3)cc2)cc1. The van der Waals surface area contributed by atoms with E-state index in [2.05, 4.69) is 62.5 Å². The molecule has 192 valence electrons. The number of carbonyl (C=O) groups excluding carboxylic acids is 1. The molecule has 0 saturated heterocycles. The Kier molecular flexibility index (Phi) is 10.5. The Morgan fingerprint density at radius 1 is 0.944 bits per heavy atom. The third-order valence-electron chi connectivity index (χ3n) is 6.85. The van der Waals surface area contributed by atoms with Gasteiger partial charge in [-0.25, -0.2) is 4.79 Å². The minimum Gasteiger partial charge on any atom is -0.382 e. The summed E-state index contributed by atoms with van der Waals surface area (Å²) in [6.45, 7) is 7.26. The second-order valence-corrected chi connectivity index (χ2v) is 9.52. The maximum atomic E-state index is 13.6. The quantitative estimate of drug-likeness (QED) is 0.303. The molecule has 0 aliphatic carbocycles. The molecule has 3 aromatic carbocycles. The number of benzene rings is 3. The fourth-order valence-corrected chi connectivity index (χ4v) is 4.29. The lowest BCUT2D eigenvalue weighted by molar-refractivity contribution is 0.167. The van der Waals surface area contributed by atoms with Gasteiger partial charge in [0.1, 0.15) is 0 Å². The van der Waals surface area contributed by atoms with Crippen LogP contribution in [-0.4, -0.2) is 32.3 Å². The molecule has 36 heavy (non-hydrogen) atoms. The Morgan fingerprint density at radius 3 is 2.11 bits per heavy atom. The smallest absolute Gasteiger partial charge is 0.322 e. The van der Waals surface area contributed by atoms with Gasteiger partial charge in [0.15, 0.2) is 0 Å². The lowest BCUT2D eigenvalue weighted by Gasteiger charge is -2.30. The largest absolute Gasteiger partial charge is 0.382 e. The summed E-state index contributed by atoms with van der Waals surface area (Å²) in [7, 11) is 1.65. The van der Waals surface area contributed by atoms with Crippen LogP contribution in [0.1, 0.15) is 50.8 Å². The molecule has 0 radical (unpaired) electrons. The number of anilines is 1. The van der Waals surface area contributed by atoms with Crippen molar-refractivity contribution < 1.29 is 9.53 Å². The van der Waals surface area contributed by atoms with Crippen molar-refractivity contribution in [3.63, 3.8) is 0 Å². The third kappa shape index (κ3) is 7.42. The second kappa shape index (κ2) is 13.8. The highest BCUT2D eigenvalue weighted by molar-refractivity contribution is 5.92. The topological polar surface area (TPSA) is 67.6 Å². The monoisotopic (exact) mass is 487 g/mol. The van der Waals surface area contributed by atoms with Gasteiger partial charge in [-0.15, -0.1) is 0 Å². The maximum Gasteiger partial charge on any atom is 0.322 e. The molecule has 0 aliphatic heterocycles. The van der Waals surface area contributed by atoms with Gasteiger partial charge in [-0.1, -0.05) is 100 Å². The molecular formula is C31H41N3O2. The predicted molar refractivity (Wildman–Crippen MR) is 150 cm³/mol. The van der Waals surface area contributed by atoms with Crippen LogP contribution in [0.4, 0.5) is 10.5 Å². The van der Waals surface area contributed by atoms with Gasteiger partial charge in [0, 0.05) is 25.4 Å². The number of nitrogens with two attached hydrogens (primary N) is 1. The highest BCUT2D eigenvalue weighted by atomic mass is 16.5. The Morgan fingerprint density at radius 2 is 1.56 bits per heavy atom. The van der Waals surface area contributed by atoms with E-state index in [1.165, 1.54) is 5.56 Å². The second-order valence-electron chi connectivity index (χ2n) is 9.52. The summed E-state index contributed by atoms with van der Waals surface area (Å²) in [6.07, 6.45) is 3.19. The molecule has 0 aliphatic rings. The van der Waals surface area contributed by atoms with Crippen LogP contribution >= 0.6 is 0 Å². The number of nitrogens with zero attached hydrogens (tertiary/aromatic N) is 1. The van der Waals surface area contributed by atoms with Crippen LogP contribution in [0.3, 0.4) is 0 Å². The Hall–Kier alpha value is -3.15. The number of ether oxygens (including phenoxy) is 1. The number of hydrogen-bond donors (Lipinski definition) is 2. The highest BCUT2D eigenvalue weighted by Gasteiger charge is 2.24. The number of methoxy groups -OCH3 is 1. The van der Waals surface area contributed by atoms with E-state index in [4.69, 9.17) is 10.5 Å². The van der Waals surface area contributed by atoms with E-state index in [0.717, 1.165) is 41.6 Å². The van der Waals surface area contributed by atoms with Crippen LogP contribution in [0.25, 0.3) is 11.1 Å². The summed E-state index contributed by atoms with van der Waals surface area (Å²) in [5.41, 5.74) is 12.0. The zero-order valence-electron chi connectivity index (χ0n) is 22.1. The molecule has 3 N–H and O–H groups in total. The van der Waals surface area contributed by atoms with Gasteiger partial charge in [-0.3, -0.25) is 4.90 Å². The van der Waals surface area contributed by atoms with E-state index in [1.807, 2.05) is 42.5 Å². The van der Waals surface area contributed by atoms with E-state index >= 15 is 0 Å². The molecule has 0 spiro atoms. The zero-order valence-corrected chi connectivity index (χ0v) is 22.1. The number of hydrogen-bond acceptors (Lipinski definition) is 3. The summed E-state index contributed by atoms with van der Waals surface area (Å²) in [6, 6.07) is 26.2. The van der Waals surface area contributed by atoms with E-state index in [0.29, 0.717) is 19.1 Å². The molecule has 3 atom stereocenters. The molecule has 5 nitrogen and oxygen atoms in total. The molecule has 3 aromatic rings. The lowest BCUT2D eigenvalue weighted by Crippen LogP contribution is -2.49. The Bertz CT molecular complexity index is 1050. The zero-order chi connectivity index (χ0) is 25.9. The number of carbonyl (C=O) groups is 1. The first kappa shape index (κ1) is 27.4. The van der Waals surface area contributed by atoms with Crippen LogP contribution in [-0.2, 0) is 11.2 Å². The van der Waals surface area contributed by atoms with E-state index in [-0.39, 0.29) is 18.1 Å². The fraction of sp³-hybridized carbons (Fsp3) is 0.387. The molecule has 0 unspecified atom stereocenters. The summed E-state index contributed by atoms with van der Waals surface area (Å²) >= 11 is 0. The number of urea groups is 1. The van der Waals surface area contributed by atoms with E-state index in [1.54, 1.807) is 12.0 Å².